The molecule has 2 nitrogen and oxygen atoms in total. The van der Waals surface area contributed by atoms with Crippen molar-refractivity contribution in [1.82, 2.24) is 5.32 Å². The Bertz CT molecular complexity index is 542. The van der Waals surface area contributed by atoms with Crippen LogP contribution in [0.2, 0.25) is 0 Å². The van der Waals surface area contributed by atoms with Gasteiger partial charge in [-0.15, -0.1) is 0 Å². The lowest BCUT2D eigenvalue weighted by atomic mass is 9.95. The second-order valence-electron chi connectivity index (χ2n) is 5.82. The molecule has 2 heteroatoms. The summed E-state index contributed by atoms with van der Waals surface area (Å²) < 4.78 is 5.47. The zero-order valence-corrected chi connectivity index (χ0v) is 12.9. The summed E-state index contributed by atoms with van der Waals surface area (Å²) >= 11 is 0. The average molecular weight is 271 g/mol. The van der Waals surface area contributed by atoms with Crippen LogP contribution < -0.4 is 5.32 Å². The molecule has 2 rings (SSSR count). The summed E-state index contributed by atoms with van der Waals surface area (Å²) in [5.74, 6) is 1.64. The van der Waals surface area contributed by atoms with Gasteiger partial charge in [-0.3, -0.25) is 0 Å². The molecular formula is C18H25NO. The molecule has 2 aromatic rings. The van der Waals surface area contributed by atoms with Crippen molar-refractivity contribution in [2.45, 2.75) is 40.2 Å². The first-order chi connectivity index (χ1) is 9.60. The summed E-state index contributed by atoms with van der Waals surface area (Å²) in [7, 11) is 0. The predicted octanol–water partition coefficient (Wildman–Crippen LogP) is 4.49. The molecule has 0 amide bonds. The van der Waals surface area contributed by atoms with Gasteiger partial charge in [0.1, 0.15) is 5.76 Å². The highest BCUT2D eigenvalue weighted by atomic mass is 16.3. The molecule has 1 unspecified atom stereocenters. The Balaban J connectivity index is 2.29. The van der Waals surface area contributed by atoms with Gasteiger partial charge in [-0.1, -0.05) is 45.0 Å². The molecule has 1 N–H and O–H groups in total. The van der Waals surface area contributed by atoms with Crippen LogP contribution in [0.15, 0.2) is 41.0 Å². The first kappa shape index (κ1) is 14.9. The van der Waals surface area contributed by atoms with E-state index in [2.05, 4.69) is 56.4 Å². The van der Waals surface area contributed by atoms with Crippen LogP contribution in [-0.2, 0) is 6.42 Å². The largest absolute Gasteiger partial charge is 0.469 e. The third-order valence-electron chi connectivity index (χ3n) is 3.42. The first-order valence-electron chi connectivity index (χ1n) is 7.47. The van der Waals surface area contributed by atoms with Gasteiger partial charge in [0.15, 0.2) is 0 Å². The van der Waals surface area contributed by atoms with Crippen LogP contribution in [0.4, 0.5) is 0 Å². The van der Waals surface area contributed by atoms with Crippen LogP contribution in [0.5, 0.6) is 0 Å². The van der Waals surface area contributed by atoms with Gasteiger partial charge in [-0.25, -0.2) is 0 Å². The van der Waals surface area contributed by atoms with Crippen LogP contribution in [0.3, 0.4) is 0 Å². The van der Waals surface area contributed by atoms with Crippen LogP contribution >= 0.6 is 0 Å². The lowest BCUT2D eigenvalue weighted by Crippen LogP contribution is -2.21. The Morgan fingerprint density at radius 2 is 1.95 bits per heavy atom. The summed E-state index contributed by atoms with van der Waals surface area (Å²) in [6, 6.07) is 11.2. The van der Waals surface area contributed by atoms with Crippen molar-refractivity contribution in [3.05, 3.63) is 59.0 Å². The summed E-state index contributed by atoms with van der Waals surface area (Å²) in [4.78, 5) is 0. The van der Waals surface area contributed by atoms with E-state index in [-0.39, 0.29) is 6.04 Å². The zero-order chi connectivity index (χ0) is 14.5. The minimum Gasteiger partial charge on any atom is -0.469 e. The number of aryl methyl sites for hydroxylation is 1. The molecular weight excluding hydrogens is 246 g/mol. The SMILES string of the molecule is CCNC(c1cccc(CC(C)C)c1)c1coc(C)c1. The Hall–Kier alpha value is -1.54. The van der Waals surface area contributed by atoms with Gasteiger partial charge >= 0.3 is 0 Å². The van der Waals surface area contributed by atoms with E-state index >= 15 is 0 Å². The van der Waals surface area contributed by atoms with Crippen molar-refractivity contribution in [2.75, 3.05) is 6.54 Å². The maximum atomic E-state index is 5.47. The molecule has 1 heterocycles. The summed E-state index contributed by atoms with van der Waals surface area (Å²) in [5, 5.41) is 3.55. The summed E-state index contributed by atoms with van der Waals surface area (Å²) in [5.41, 5.74) is 3.91. The Labute approximate surface area is 122 Å². The van der Waals surface area contributed by atoms with Crippen molar-refractivity contribution in [3.8, 4) is 0 Å². The Morgan fingerprint density at radius 1 is 1.15 bits per heavy atom. The van der Waals surface area contributed by atoms with Crippen molar-refractivity contribution in [3.63, 3.8) is 0 Å². The lowest BCUT2D eigenvalue weighted by molar-refractivity contribution is 0.525. The van der Waals surface area contributed by atoms with Gasteiger partial charge < -0.3 is 9.73 Å². The van der Waals surface area contributed by atoms with E-state index in [1.165, 1.54) is 16.7 Å². The number of hydrogen-bond acceptors (Lipinski definition) is 2. The Kier molecular flexibility index (Phi) is 5.02. The van der Waals surface area contributed by atoms with Gasteiger partial charge in [0.2, 0.25) is 0 Å². The average Bonchev–Trinajstić information content (AvgIpc) is 2.82. The zero-order valence-electron chi connectivity index (χ0n) is 12.9. The second-order valence-corrected chi connectivity index (χ2v) is 5.82. The van der Waals surface area contributed by atoms with Gasteiger partial charge in [0, 0.05) is 5.56 Å². The highest BCUT2D eigenvalue weighted by molar-refractivity contribution is 5.33. The van der Waals surface area contributed by atoms with Crippen LogP contribution in [0.1, 0.15) is 49.3 Å². The lowest BCUT2D eigenvalue weighted by Gasteiger charge is -2.18. The number of hydrogen-bond donors (Lipinski definition) is 1. The van der Waals surface area contributed by atoms with E-state index in [1.54, 1.807) is 0 Å². The quantitative estimate of drug-likeness (QED) is 0.837. The molecule has 0 fully saturated rings. The minimum absolute atomic E-state index is 0.213. The van der Waals surface area contributed by atoms with E-state index in [1.807, 2.05) is 13.2 Å². The first-order valence-corrected chi connectivity index (χ1v) is 7.47. The Morgan fingerprint density at radius 3 is 2.55 bits per heavy atom. The van der Waals surface area contributed by atoms with Gasteiger partial charge in [0.05, 0.1) is 12.3 Å². The van der Waals surface area contributed by atoms with Crippen molar-refractivity contribution in [2.24, 2.45) is 5.92 Å². The fraction of sp³-hybridized carbons (Fsp3) is 0.444. The van der Waals surface area contributed by atoms with Crippen LogP contribution in [0.25, 0.3) is 0 Å². The van der Waals surface area contributed by atoms with Crippen molar-refractivity contribution >= 4 is 0 Å². The van der Waals surface area contributed by atoms with Gasteiger partial charge in [-0.2, -0.15) is 0 Å². The van der Waals surface area contributed by atoms with Crippen molar-refractivity contribution in [1.29, 1.82) is 0 Å². The van der Waals surface area contributed by atoms with Crippen LogP contribution in [0, 0.1) is 12.8 Å². The molecule has 0 aliphatic carbocycles. The molecule has 1 aromatic carbocycles. The van der Waals surface area contributed by atoms with E-state index in [4.69, 9.17) is 4.42 Å². The molecule has 0 aliphatic rings. The monoisotopic (exact) mass is 271 g/mol. The molecule has 0 saturated carbocycles. The highest BCUT2D eigenvalue weighted by Gasteiger charge is 2.15. The minimum atomic E-state index is 0.213. The second kappa shape index (κ2) is 6.76. The topological polar surface area (TPSA) is 25.2 Å². The number of furan rings is 1. The molecule has 1 aromatic heterocycles. The van der Waals surface area contributed by atoms with Crippen LogP contribution in [-0.4, -0.2) is 6.54 Å². The van der Waals surface area contributed by atoms with E-state index in [9.17, 15) is 0 Å². The predicted molar refractivity (Wildman–Crippen MR) is 83.9 cm³/mol. The van der Waals surface area contributed by atoms with E-state index in [0.717, 1.165) is 18.7 Å². The fourth-order valence-corrected chi connectivity index (χ4v) is 2.62. The molecule has 20 heavy (non-hydrogen) atoms. The molecule has 0 aliphatic heterocycles. The molecule has 1 atom stereocenters. The number of rotatable bonds is 6. The molecule has 0 radical (unpaired) electrons. The van der Waals surface area contributed by atoms with Gasteiger partial charge in [-0.05, 0) is 43.0 Å². The maximum absolute atomic E-state index is 5.47. The van der Waals surface area contributed by atoms with E-state index in [0.29, 0.717) is 5.92 Å². The molecule has 0 bridgehead atoms. The molecule has 108 valence electrons. The number of benzene rings is 1. The third-order valence-corrected chi connectivity index (χ3v) is 3.42. The third kappa shape index (κ3) is 3.73. The normalized spacial score (nSPS) is 12.8. The van der Waals surface area contributed by atoms with Gasteiger partial charge in [0.25, 0.3) is 0 Å². The summed E-state index contributed by atoms with van der Waals surface area (Å²) in [6.07, 6.45) is 2.98. The molecule has 0 spiro atoms. The maximum Gasteiger partial charge on any atom is 0.101 e. The highest BCUT2D eigenvalue weighted by Crippen LogP contribution is 2.25. The van der Waals surface area contributed by atoms with Crippen molar-refractivity contribution < 1.29 is 4.42 Å². The smallest absolute Gasteiger partial charge is 0.101 e. The standard InChI is InChI=1S/C18H25NO/c1-5-19-18(17-10-14(4)20-12-17)16-8-6-7-15(11-16)9-13(2)3/h6-8,10-13,18-19H,5,9H2,1-4H3. The molecule has 0 saturated heterocycles. The van der Waals surface area contributed by atoms with E-state index < -0.39 is 0 Å². The fourth-order valence-electron chi connectivity index (χ4n) is 2.62. The summed E-state index contributed by atoms with van der Waals surface area (Å²) in [6.45, 7) is 9.57. The number of nitrogens with one attached hydrogen (secondary N) is 1.